The van der Waals surface area contributed by atoms with Gasteiger partial charge in [-0.3, -0.25) is 4.79 Å². The van der Waals surface area contributed by atoms with Crippen molar-refractivity contribution in [1.82, 2.24) is 5.32 Å². The SMILES string of the molecule is CCCC(NC(=O)c1ccc(C)c(O)c1)/C(N)=N/O. The van der Waals surface area contributed by atoms with Crippen LogP contribution in [0.1, 0.15) is 35.7 Å². The van der Waals surface area contributed by atoms with Gasteiger partial charge < -0.3 is 21.4 Å². The molecule has 0 bridgehead atoms. The summed E-state index contributed by atoms with van der Waals surface area (Å²) in [6, 6.07) is 4.13. The Balaban J connectivity index is 2.84. The molecule has 5 N–H and O–H groups in total. The maximum Gasteiger partial charge on any atom is 0.252 e. The van der Waals surface area contributed by atoms with E-state index in [2.05, 4.69) is 10.5 Å². The van der Waals surface area contributed by atoms with Crippen LogP contribution < -0.4 is 11.1 Å². The number of nitrogens with zero attached hydrogens (tertiary/aromatic N) is 1. The van der Waals surface area contributed by atoms with Crippen LogP contribution in [0.2, 0.25) is 0 Å². The topological polar surface area (TPSA) is 108 Å². The number of hydrogen-bond acceptors (Lipinski definition) is 4. The molecular formula is C13H19N3O3. The summed E-state index contributed by atoms with van der Waals surface area (Å²) in [6.07, 6.45) is 1.35. The van der Waals surface area contributed by atoms with E-state index in [1.165, 1.54) is 6.07 Å². The number of nitrogens with one attached hydrogen (secondary N) is 1. The number of nitrogens with two attached hydrogens (primary N) is 1. The van der Waals surface area contributed by atoms with Crippen molar-refractivity contribution in [3.8, 4) is 5.75 Å². The van der Waals surface area contributed by atoms with E-state index >= 15 is 0 Å². The number of phenolic OH excluding ortho intramolecular Hbond substituents is 1. The summed E-state index contributed by atoms with van der Waals surface area (Å²) in [6.45, 7) is 3.68. The normalized spacial score (nSPS) is 13.1. The van der Waals surface area contributed by atoms with E-state index in [1.54, 1.807) is 19.1 Å². The van der Waals surface area contributed by atoms with Crippen molar-refractivity contribution in [1.29, 1.82) is 0 Å². The maximum absolute atomic E-state index is 12.0. The molecule has 19 heavy (non-hydrogen) atoms. The van der Waals surface area contributed by atoms with Gasteiger partial charge in [0, 0.05) is 5.56 Å². The van der Waals surface area contributed by atoms with Crippen LogP contribution in [0.25, 0.3) is 0 Å². The molecule has 104 valence electrons. The standard InChI is InChI=1S/C13H19N3O3/c1-3-4-10(12(14)16-19)15-13(18)9-6-5-8(2)11(17)7-9/h5-7,10,17,19H,3-4H2,1-2H3,(H2,14,16)(H,15,18). The molecule has 0 saturated heterocycles. The van der Waals surface area contributed by atoms with Crippen molar-refractivity contribution in [2.24, 2.45) is 10.9 Å². The average molecular weight is 265 g/mol. The first-order valence-corrected chi connectivity index (χ1v) is 6.07. The van der Waals surface area contributed by atoms with Crippen LogP contribution in [-0.2, 0) is 0 Å². The Kier molecular flexibility index (Phi) is 5.17. The molecule has 0 aliphatic carbocycles. The average Bonchev–Trinajstić information content (AvgIpc) is 2.40. The lowest BCUT2D eigenvalue weighted by Gasteiger charge is -2.16. The van der Waals surface area contributed by atoms with Crippen molar-refractivity contribution in [3.63, 3.8) is 0 Å². The van der Waals surface area contributed by atoms with Gasteiger partial charge in [0.1, 0.15) is 5.75 Å². The molecule has 1 rings (SSSR count). The Morgan fingerprint density at radius 2 is 2.21 bits per heavy atom. The quantitative estimate of drug-likeness (QED) is 0.279. The maximum atomic E-state index is 12.0. The lowest BCUT2D eigenvalue weighted by molar-refractivity contribution is 0.0944. The Bertz CT molecular complexity index is 486. The minimum absolute atomic E-state index is 0.0356. The van der Waals surface area contributed by atoms with Gasteiger partial charge in [-0.05, 0) is 31.0 Å². The molecule has 1 amide bonds. The summed E-state index contributed by atoms with van der Waals surface area (Å²) in [4.78, 5) is 12.0. The Hall–Kier alpha value is -2.24. The predicted octanol–water partition coefficient (Wildman–Crippen LogP) is 1.35. The second kappa shape index (κ2) is 6.63. The van der Waals surface area contributed by atoms with E-state index in [4.69, 9.17) is 10.9 Å². The first-order valence-electron chi connectivity index (χ1n) is 6.07. The van der Waals surface area contributed by atoms with Crippen LogP contribution in [0.15, 0.2) is 23.4 Å². The fourth-order valence-corrected chi connectivity index (χ4v) is 1.64. The van der Waals surface area contributed by atoms with Gasteiger partial charge in [-0.2, -0.15) is 0 Å². The van der Waals surface area contributed by atoms with Gasteiger partial charge in [0.2, 0.25) is 0 Å². The minimum atomic E-state index is -0.522. The van der Waals surface area contributed by atoms with E-state index < -0.39 is 6.04 Å². The number of aromatic hydroxyl groups is 1. The van der Waals surface area contributed by atoms with Crippen LogP contribution >= 0.6 is 0 Å². The molecular weight excluding hydrogens is 246 g/mol. The number of carbonyl (C=O) groups excluding carboxylic acids is 1. The van der Waals surface area contributed by atoms with Gasteiger partial charge in [0.15, 0.2) is 5.84 Å². The first kappa shape index (κ1) is 14.8. The van der Waals surface area contributed by atoms with Gasteiger partial charge in [0.05, 0.1) is 6.04 Å². The van der Waals surface area contributed by atoms with Crippen LogP contribution in [-0.4, -0.2) is 28.1 Å². The number of phenols is 1. The first-order chi connectivity index (χ1) is 8.99. The fraction of sp³-hybridized carbons (Fsp3) is 0.385. The zero-order valence-electron chi connectivity index (χ0n) is 11.1. The smallest absolute Gasteiger partial charge is 0.252 e. The lowest BCUT2D eigenvalue weighted by Crippen LogP contribution is -2.44. The number of carbonyl (C=O) groups is 1. The summed E-state index contributed by atoms with van der Waals surface area (Å²) in [5, 5.41) is 23.8. The zero-order valence-corrected chi connectivity index (χ0v) is 11.1. The molecule has 1 atom stereocenters. The highest BCUT2D eigenvalue weighted by Crippen LogP contribution is 2.17. The monoisotopic (exact) mass is 265 g/mol. The molecule has 0 aliphatic heterocycles. The van der Waals surface area contributed by atoms with E-state index in [-0.39, 0.29) is 17.5 Å². The zero-order chi connectivity index (χ0) is 14.4. The summed E-state index contributed by atoms with van der Waals surface area (Å²) in [7, 11) is 0. The van der Waals surface area contributed by atoms with E-state index in [1.807, 2.05) is 6.92 Å². The van der Waals surface area contributed by atoms with Gasteiger partial charge >= 0.3 is 0 Å². The van der Waals surface area contributed by atoms with Crippen molar-refractivity contribution in [2.75, 3.05) is 0 Å². The largest absolute Gasteiger partial charge is 0.508 e. The van der Waals surface area contributed by atoms with Gasteiger partial charge in [-0.15, -0.1) is 0 Å². The fourth-order valence-electron chi connectivity index (χ4n) is 1.64. The third-order valence-corrected chi connectivity index (χ3v) is 2.83. The van der Waals surface area contributed by atoms with Crippen LogP contribution in [0.4, 0.5) is 0 Å². The Morgan fingerprint density at radius 1 is 1.53 bits per heavy atom. The number of aryl methyl sites for hydroxylation is 1. The highest BCUT2D eigenvalue weighted by Gasteiger charge is 2.17. The molecule has 1 aromatic rings. The molecule has 0 radical (unpaired) electrons. The molecule has 6 nitrogen and oxygen atoms in total. The van der Waals surface area contributed by atoms with Crippen molar-refractivity contribution in [2.45, 2.75) is 32.7 Å². The number of oxime groups is 1. The third-order valence-electron chi connectivity index (χ3n) is 2.83. The Labute approximate surface area is 111 Å². The molecule has 0 heterocycles. The summed E-state index contributed by atoms with van der Waals surface area (Å²) in [5.74, 6) is -0.352. The van der Waals surface area contributed by atoms with E-state index in [0.717, 1.165) is 6.42 Å². The van der Waals surface area contributed by atoms with Crippen molar-refractivity contribution < 1.29 is 15.1 Å². The number of benzene rings is 1. The van der Waals surface area contributed by atoms with Crippen molar-refractivity contribution >= 4 is 11.7 Å². The van der Waals surface area contributed by atoms with Crippen LogP contribution in [0.3, 0.4) is 0 Å². The molecule has 1 unspecified atom stereocenters. The molecule has 0 saturated carbocycles. The predicted molar refractivity (Wildman–Crippen MR) is 72.4 cm³/mol. The lowest BCUT2D eigenvalue weighted by atomic mass is 10.1. The molecule has 0 aromatic heterocycles. The number of amides is 1. The number of amidine groups is 1. The molecule has 0 fully saturated rings. The van der Waals surface area contributed by atoms with Gasteiger partial charge in [-0.1, -0.05) is 24.6 Å². The summed E-state index contributed by atoms with van der Waals surface area (Å²) >= 11 is 0. The van der Waals surface area contributed by atoms with Gasteiger partial charge in [-0.25, -0.2) is 0 Å². The Morgan fingerprint density at radius 3 is 2.74 bits per heavy atom. The second-order valence-corrected chi connectivity index (χ2v) is 4.34. The molecule has 0 spiro atoms. The number of rotatable bonds is 5. The van der Waals surface area contributed by atoms with Crippen molar-refractivity contribution in [3.05, 3.63) is 29.3 Å². The molecule has 1 aromatic carbocycles. The minimum Gasteiger partial charge on any atom is -0.508 e. The second-order valence-electron chi connectivity index (χ2n) is 4.34. The summed E-state index contributed by atoms with van der Waals surface area (Å²) < 4.78 is 0. The van der Waals surface area contributed by atoms with Crippen LogP contribution in [0.5, 0.6) is 5.75 Å². The number of hydrogen-bond donors (Lipinski definition) is 4. The third kappa shape index (κ3) is 3.87. The van der Waals surface area contributed by atoms with E-state index in [0.29, 0.717) is 17.5 Å². The van der Waals surface area contributed by atoms with Gasteiger partial charge in [0.25, 0.3) is 5.91 Å². The molecule has 6 heteroatoms. The highest BCUT2D eigenvalue weighted by atomic mass is 16.4. The highest BCUT2D eigenvalue weighted by molar-refractivity contribution is 5.98. The molecule has 0 aliphatic rings. The summed E-state index contributed by atoms with van der Waals surface area (Å²) in [5.41, 5.74) is 6.54. The van der Waals surface area contributed by atoms with E-state index in [9.17, 15) is 9.90 Å². The van der Waals surface area contributed by atoms with Crippen LogP contribution in [0, 0.1) is 6.92 Å².